The van der Waals surface area contributed by atoms with Crippen LogP contribution in [0.25, 0.3) is 6.08 Å². The van der Waals surface area contributed by atoms with E-state index in [1.54, 1.807) is 25.3 Å². The maximum absolute atomic E-state index is 13.6. The largest absolute Gasteiger partial charge is 0.496 e. The first-order chi connectivity index (χ1) is 17.6. The van der Waals surface area contributed by atoms with Gasteiger partial charge in [-0.05, 0) is 43.4 Å². The average molecular weight is 493 g/mol. The van der Waals surface area contributed by atoms with Crippen molar-refractivity contribution in [2.75, 3.05) is 53.6 Å². The molecule has 8 heteroatoms. The molecule has 2 fully saturated rings. The Kier molecular flexibility index (Phi) is 8.72. The number of nitrogens with zero attached hydrogens (tertiary/aromatic N) is 4. The molecule has 1 spiro atoms. The van der Waals surface area contributed by atoms with Crippen LogP contribution in [-0.4, -0.2) is 90.7 Å². The lowest BCUT2D eigenvalue weighted by molar-refractivity contribution is -0.135. The van der Waals surface area contributed by atoms with Gasteiger partial charge in [-0.3, -0.25) is 19.6 Å². The van der Waals surface area contributed by atoms with Crippen molar-refractivity contribution in [3.8, 4) is 5.75 Å². The zero-order valence-electron chi connectivity index (χ0n) is 21.3. The highest BCUT2D eigenvalue weighted by Gasteiger charge is 2.57. The molecule has 192 valence electrons. The third kappa shape index (κ3) is 5.60. The second-order valence-electron chi connectivity index (χ2n) is 9.33. The molecule has 4 rings (SSSR count). The van der Waals surface area contributed by atoms with Crippen molar-refractivity contribution in [3.05, 3.63) is 66.0 Å². The van der Waals surface area contributed by atoms with Gasteiger partial charge in [-0.15, -0.1) is 0 Å². The van der Waals surface area contributed by atoms with Crippen molar-refractivity contribution >= 4 is 18.0 Å². The topological polar surface area (TPSA) is 75.2 Å². The molecular formula is C28H36N4O4. The van der Waals surface area contributed by atoms with Crippen molar-refractivity contribution in [3.63, 3.8) is 0 Å². The maximum Gasteiger partial charge on any atom is 0.327 e. The number of methoxy groups -OCH3 is 2. The summed E-state index contributed by atoms with van der Waals surface area (Å²) in [5, 5.41) is 0. The molecule has 1 aromatic carbocycles. The fraction of sp³-hybridized carbons (Fsp3) is 0.464. The number of aryl methyl sites for hydroxylation is 1. The number of likely N-dealkylation sites (tertiary alicyclic amines) is 1. The van der Waals surface area contributed by atoms with E-state index in [2.05, 4.69) is 22.0 Å². The number of aromatic nitrogens is 1. The molecule has 2 aliphatic rings. The lowest BCUT2D eigenvalue weighted by Crippen LogP contribution is -2.57. The van der Waals surface area contributed by atoms with E-state index in [-0.39, 0.29) is 11.9 Å². The number of urea groups is 1. The van der Waals surface area contributed by atoms with Crippen LogP contribution < -0.4 is 4.74 Å². The van der Waals surface area contributed by atoms with E-state index in [1.807, 2.05) is 42.6 Å². The molecular weight excluding hydrogens is 456 g/mol. The molecule has 3 heterocycles. The van der Waals surface area contributed by atoms with Gasteiger partial charge >= 0.3 is 6.03 Å². The van der Waals surface area contributed by atoms with Crippen LogP contribution in [0.5, 0.6) is 5.75 Å². The molecule has 0 unspecified atom stereocenters. The minimum absolute atomic E-state index is 0.0565. The number of pyridine rings is 1. The predicted molar refractivity (Wildman–Crippen MR) is 139 cm³/mol. The standard InChI is InChI=1S/C28H36N4O4/c1-35-21-20-32-27(34)31(17-6-9-23-8-5-15-29-22-23)26(33)28(32)13-18-30(19-14-28)16-7-11-24-10-3-4-12-25(24)36-2/h3-5,7-8,10-12,15,22H,6,9,13-14,16-21H2,1-2H3. The molecule has 2 aliphatic heterocycles. The number of piperidine rings is 1. The number of carbonyl (C=O) groups excluding carboxylic acids is 2. The van der Waals surface area contributed by atoms with E-state index in [0.29, 0.717) is 32.5 Å². The van der Waals surface area contributed by atoms with E-state index in [9.17, 15) is 9.59 Å². The molecule has 36 heavy (non-hydrogen) atoms. The molecule has 0 bridgehead atoms. The first kappa shape index (κ1) is 25.9. The van der Waals surface area contributed by atoms with Gasteiger partial charge in [-0.25, -0.2) is 4.79 Å². The van der Waals surface area contributed by atoms with E-state index in [4.69, 9.17) is 9.47 Å². The molecule has 0 radical (unpaired) electrons. The number of hydrogen-bond acceptors (Lipinski definition) is 6. The SMILES string of the molecule is COCCN1C(=O)N(CCCc2cccnc2)C(=O)C12CCN(CC=Cc1ccccc1OC)CC2. The Balaban J connectivity index is 1.38. The third-order valence-corrected chi connectivity index (χ3v) is 7.19. The highest BCUT2D eigenvalue weighted by molar-refractivity contribution is 6.07. The van der Waals surface area contributed by atoms with Gasteiger partial charge < -0.3 is 14.4 Å². The number of hydrogen-bond donors (Lipinski definition) is 0. The van der Waals surface area contributed by atoms with Crippen LogP contribution >= 0.6 is 0 Å². The minimum atomic E-state index is -0.771. The summed E-state index contributed by atoms with van der Waals surface area (Å²) in [4.78, 5) is 36.7. The minimum Gasteiger partial charge on any atom is -0.496 e. The Morgan fingerprint density at radius 1 is 1.06 bits per heavy atom. The van der Waals surface area contributed by atoms with Gasteiger partial charge in [0.1, 0.15) is 11.3 Å². The van der Waals surface area contributed by atoms with Crippen LogP contribution in [0.1, 0.15) is 30.4 Å². The Morgan fingerprint density at radius 3 is 2.58 bits per heavy atom. The quantitative estimate of drug-likeness (QED) is 0.447. The van der Waals surface area contributed by atoms with Crippen LogP contribution in [0.4, 0.5) is 4.79 Å². The smallest absolute Gasteiger partial charge is 0.327 e. The Morgan fingerprint density at radius 2 is 1.86 bits per heavy atom. The summed E-state index contributed by atoms with van der Waals surface area (Å²) < 4.78 is 10.7. The number of imide groups is 1. The first-order valence-electron chi connectivity index (χ1n) is 12.6. The zero-order valence-corrected chi connectivity index (χ0v) is 21.3. The first-order valence-corrected chi connectivity index (χ1v) is 12.6. The van der Waals surface area contributed by atoms with Gasteiger partial charge in [-0.2, -0.15) is 0 Å². The number of benzene rings is 1. The van der Waals surface area contributed by atoms with Crippen molar-refractivity contribution in [1.82, 2.24) is 19.7 Å². The van der Waals surface area contributed by atoms with Gasteiger partial charge in [0.05, 0.1) is 13.7 Å². The lowest BCUT2D eigenvalue weighted by Gasteiger charge is -2.42. The van der Waals surface area contributed by atoms with Crippen LogP contribution in [0, 0.1) is 0 Å². The maximum atomic E-state index is 13.6. The molecule has 1 aromatic heterocycles. The summed E-state index contributed by atoms with van der Waals surface area (Å²) in [6.07, 6.45) is 10.5. The Hall–Kier alpha value is -3.23. The highest BCUT2D eigenvalue weighted by atomic mass is 16.5. The van der Waals surface area contributed by atoms with E-state index in [0.717, 1.165) is 49.4 Å². The fourth-order valence-electron chi connectivity index (χ4n) is 5.18. The lowest BCUT2D eigenvalue weighted by atomic mass is 9.85. The second kappa shape index (κ2) is 12.1. The summed E-state index contributed by atoms with van der Waals surface area (Å²) in [5.41, 5.74) is 1.38. The second-order valence-corrected chi connectivity index (χ2v) is 9.33. The van der Waals surface area contributed by atoms with Gasteiger partial charge in [0.15, 0.2) is 0 Å². The van der Waals surface area contributed by atoms with Crippen molar-refractivity contribution in [2.24, 2.45) is 0 Å². The molecule has 0 saturated carbocycles. The number of rotatable bonds is 11. The third-order valence-electron chi connectivity index (χ3n) is 7.19. The number of ether oxygens (including phenoxy) is 2. The summed E-state index contributed by atoms with van der Waals surface area (Å²) in [5.74, 6) is 0.790. The molecule has 0 aliphatic carbocycles. The van der Waals surface area contributed by atoms with Gasteiger partial charge in [0.2, 0.25) is 0 Å². The highest BCUT2D eigenvalue weighted by Crippen LogP contribution is 2.37. The summed E-state index contributed by atoms with van der Waals surface area (Å²) in [7, 11) is 3.30. The molecule has 2 saturated heterocycles. The summed E-state index contributed by atoms with van der Waals surface area (Å²) in [6, 6.07) is 11.7. The zero-order chi connectivity index (χ0) is 25.4. The molecule has 0 N–H and O–H groups in total. The van der Waals surface area contributed by atoms with Crippen molar-refractivity contribution in [2.45, 2.75) is 31.2 Å². The molecule has 3 amide bonds. The monoisotopic (exact) mass is 492 g/mol. The normalized spacial score (nSPS) is 18.1. The molecule has 8 nitrogen and oxygen atoms in total. The number of carbonyl (C=O) groups is 2. The van der Waals surface area contributed by atoms with Gasteiger partial charge in [0, 0.05) is 57.8 Å². The Labute approximate surface area is 213 Å². The predicted octanol–water partition coefficient (Wildman–Crippen LogP) is 3.48. The molecule has 2 aromatic rings. The Bertz CT molecular complexity index is 1050. The van der Waals surface area contributed by atoms with E-state index >= 15 is 0 Å². The van der Waals surface area contributed by atoms with Crippen LogP contribution in [0.3, 0.4) is 0 Å². The van der Waals surface area contributed by atoms with Crippen LogP contribution in [0.2, 0.25) is 0 Å². The van der Waals surface area contributed by atoms with E-state index in [1.165, 1.54) is 4.90 Å². The van der Waals surface area contributed by atoms with Gasteiger partial charge in [-0.1, -0.05) is 36.4 Å². The van der Waals surface area contributed by atoms with Crippen molar-refractivity contribution in [1.29, 1.82) is 0 Å². The summed E-state index contributed by atoms with van der Waals surface area (Å²) in [6.45, 7) is 3.54. The van der Waals surface area contributed by atoms with E-state index < -0.39 is 5.54 Å². The van der Waals surface area contributed by atoms with Crippen LogP contribution in [0.15, 0.2) is 54.9 Å². The average Bonchev–Trinajstić information content (AvgIpc) is 3.10. The summed E-state index contributed by atoms with van der Waals surface area (Å²) >= 11 is 0. The number of amides is 3. The van der Waals surface area contributed by atoms with Crippen molar-refractivity contribution < 1.29 is 19.1 Å². The number of para-hydroxylation sites is 1. The van der Waals surface area contributed by atoms with Crippen LogP contribution in [-0.2, 0) is 16.0 Å². The molecule has 0 atom stereocenters. The van der Waals surface area contributed by atoms with Gasteiger partial charge in [0.25, 0.3) is 5.91 Å². The fourth-order valence-corrected chi connectivity index (χ4v) is 5.18.